The second-order valence-corrected chi connectivity index (χ2v) is 4.31. The molecule has 0 spiro atoms. The maximum Gasteiger partial charge on any atom is 0.305 e. The number of nitrogens with zero attached hydrogens (tertiary/aromatic N) is 1. The fourth-order valence-corrected chi connectivity index (χ4v) is 1.43. The number of carbonyl (C=O) groups excluding carboxylic acids is 1. The summed E-state index contributed by atoms with van der Waals surface area (Å²) in [5, 5.41) is 11.3. The number of nitrogens with one attached hydrogen (secondary N) is 1. The number of rotatable bonds is 5. The minimum Gasteiger partial charge on any atom is -0.481 e. The van der Waals surface area contributed by atoms with Gasteiger partial charge in [-0.05, 0) is 12.0 Å². The van der Waals surface area contributed by atoms with Gasteiger partial charge in [-0.15, -0.1) is 0 Å². The summed E-state index contributed by atoms with van der Waals surface area (Å²) in [6.07, 6.45) is 2.05. The van der Waals surface area contributed by atoms with Gasteiger partial charge in [0.2, 0.25) is 0 Å². The summed E-state index contributed by atoms with van der Waals surface area (Å²) < 4.78 is 12.9. The van der Waals surface area contributed by atoms with Crippen LogP contribution in [0.1, 0.15) is 30.6 Å². The van der Waals surface area contributed by atoms with E-state index in [9.17, 15) is 14.0 Å². The Labute approximate surface area is 104 Å². The van der Waals surface area contributed by atoms with Gasteiger partial charge in [0.15, 0.2) is 0 Å². The SMILES string of the molecule is CC(C)C(CC(=O)O)NC(=O)c1cncc(F)c1. The number of aliphatic carboxylic acids is 1. The predicted octanol–water partition coefficient (Wildman–Crippen LogP) is 1.45. The first-order chi connectivity index (χ1) is 8.40. The van der Waals surface area contributed by atoms with Gasteiger partial charge in [-0.1, -0.05) is 13.8 Å². The largest absolute Gasteiger partial charge is 0.481 e. The molecule has 2 N–H and O–H groups in total. The smallest absolute Gasteiger partial charge is 0.305 e. The molecule has 5 nitrogen and oxygen atoms in total. The Kier molecular flexibility index (Phi) is 4.76. The monoisotopic (exact) mass is 254 g/mol. The Hall–Kier alpha value is -1.98. The highest BCUT2D eigenvalue weighted by Gasteiger charge is 2.20. The summed E-state index contributed by atoms with van der Waals surface area (Å²) in [6, 6.07) is 0.554. The summed E-state index contributed by atoms with van der Waals surface area (Å²) in [4.78, 5) is 26.0. The third kappa shape index (κ3) is 4.12. The van der Waals surface area contributed by atoms with Crippen LogP contribution in [0.25, 0.3) is 0 Å². The molecule has 0 bridgehead atoms. The zero-order chi connectivity index (χ0) is 13.7. The summed E-state index contributed by atoms with van der Waals surface area (Å²) in [6.45, 7) is 3.61. The van der Waals surface area contributed by atoms with E-state index in [-0.39, 0.29) is 17.9 Å². The van der Waals surface area contributed by atoms with E-state index < -0.39 is 23.7 Å². The molecule has 0 saturated heterocycles. The fraction of sp³-hybridized carbons (Fsp3) is 0.417. The molecule has 1 rings (SSSR count). The molecule has 18 heavy (non-hydrogen) atoms. The van der Waals surface area contributed by atoms with Gasteiger partial charge in [0.05, 0.1) is 18.2 Å². The van der Waals surface area contributed by atoms with Gasteiger partial charge in [0.1, 0.15) is 5.82 Å². The second kappa shape index (κ2) is 6.09. The van der Waals surface area contributed by atoms with Crippen LogP contribution in [0.3, 0.4) is 0 Å². The number of carboxylic acids is 1. The van der Waals surface area contributed by atoms with Crippen LogP contribution in [0.4, 0.5) is 4.39 Å². The number of aromatic nitrogens is 1. The normalized spacial score (nSPS) is 12.2. The standard InChI is InChI=1S/C12H15FN2O3/c1-7(2)10(4-11(16)17)15-12(18)8-3-9(13)6-14-5-8/h3,5-7,10H,4H2,1-2H3,(H,15,18)(H,16,17). The zero-order valence-electron chi connectivity index (χ0n) is 10.2. The minimum atomic E-state index is -0.994. The lowest BCUT2D eigenvalue weighted by Crippen LogP contribution is -2.40. The third-order valence-corrected chi connectivity index (χ3v) is 2.48. The van der Waals surface area contributed by atoms with Crippen LogP contribution in [0.2, 0.25) is 0 Å². The van der Waals surface area contributed by atoms with Crippen molar-refractivity contribution in [3.63, 3.8) is 0 Å². The van der Waals surface area contributed by atoms with E-state index in [1.54, 1.807) is 13.8 Å². The molecule has 0 aliphatic rings. The lowest BCUT2D eigenvalue weighted by Gasteiger charge is -2.20. The molecule has 0 aromatic carbocycles. The lowest BCUT2D eigenvalue weighted by atomic mass is 10.0. The number of carbonyl (C=O) groups is 2. The van der Waals surface area contributed by atoms with Crippen molar-refractivity contribution in [3.8, 4) is 0 Å². The van der Waals surface area contributed by atoms with Gasteiger partial charge in [-0.2, -0.15) is 0 Å². The highest BCUT2D eigenvalue weighted by atomic mass is 19.1. The maximum atomic E-state index is 12.9. The van der Waals surface area contributed by atoms with Gasteiger partial charge in [-0.3, -0.25) is 14.6 Å². The van der Waals surface area contributed by atoms with Crippen molar-refractivity contribution >= 4 is 11.9 Å². The van der Waals surface area contributed by atoms with Crippen LogP contribution in [0, 0.1) is 11.7 Å². The van der Waals surface area contributed by atoms with Crippen LogP contribution in [0.15, 0.2) is 18.5 Å². The van der Waals surface area contributed by atoms with Crippen LogP contribution >= 0.6 is 0 Å². The number of halogens is 1. The first-order valence-corrected chi connectivity index (χ1v) is 5.53. The molecule has 0 radical (unpaired) electrons. The molecule has 1 heterocycles. The molecule has 1 amide bonds. The van der Waals surface area contributed by atoms with Crippen molar-refractivity contribution in [3.05, 3.63) is 29.8 Å². The number of hydrogen-bond acceptors (Lipinski definition) is 3. The van der Waals surface area contributed by atoms with Crippen molar-refractivity contribution in [1.29, 1.82) is 0 Å². The van der Waals surface area contributed by atoms with Crippen LogP contribution in [0.5, 0.6) is 0 Å². The summed E-state index contributed by atoms with van der Waals surface area (Å²) >= 11 is 0. The molecule has 0 fully saturated rings. The van der Waals surface area contributed by atoms with E-state index in [0.717, 1.165) is 12.3 Å². The number of amides is 1. The van der Waals surface area contributed by atoms with Crippen LogP contribution in [-0.2, 0) is 4.79 Å². The molecule has 0 aliphatic heterocycles. The summed E-state index contributed by atoms with van der Waals surface area (Å²) in [5.74, 6) is -2.16. The molecule has 1 atom stereocenters. The van der Waals surface area contributed by atoms with E-state index in [0.29, 0.717) is 0 Å². The van der Waals surface area contributed by atoms with Crippen molar-refractivity contribution in [2.24, 2.45) is 5.92 Å². The number of carboxylic acid groups (broad SMARTS) is 1. The van der Waals surface area contributed by atoms with Crippen molar-refractivity contribution in [1.82, 2.24) is 10.3 Å². The first kappa shape index (κ1) is 14.1. The van der Waals surface area contributed by atoms with E-state index in [4.69, 9.17) is 5.11 Å². The Morgan fingerprint density at radius 3 is 2.61 bits per heavy atom. The van der Waals surface area contributed by atoms with E-state index >= 15 is 0 Å². The fourth-order valence-electron chi connectivity index (χ4n) is 1.43. The highest BCUT2D eigenvalue weighted by molar-refractivity contribution is 5.94. The predicted molar refractivity (Wildman–Crippen MR) is 62.5 cm³/mol. The average Bonchev–Trinajstić information content (AvgIpc) is 2.27. The maximum absolute atomic E-state index is 12.9. The molecular formula is C12H15FN2O3. The van der Waals surface area contributed by atoms with Gasteiger partial charge >= 0.3 is 5.97 Å². The first-order valence-electron chi connectivity index (χ1n) is 5.53. The van der Waals surface area contributed by atoms with Crippen LogP contribution in [-0.4, -0.2) is 28.0 Å². The molecular weight excluding hydrogens is 239 g/mol. The molecule has 0 saturated carbocycles. The van der Waals surface area contributed by atoms with Crippen molar-refractivity contribution in [2.45, 2.75) is 26.3 Å². The minimum absolute atomic E-state index is 0.0356. The van der Waals surface area contributed by atoms with Crippen molar-refractivity contribution in [2.75, 3.05) is 0 Å². The summed E-state index contributed by atoms with van der Waals surface area (Å²) in [5.41, 5.74) is 0.0750. The molecule has 98 valence electrons. The molecule has 1 aromatic rings. The average molecular weight is 254 g/mol. The molecule has 0 aliphatic carbocycles. The summed E-state index contributed by atoms with van der Waals surface area (Å²) in [7, 11) is 0. The number of hydrogen-bond donors (Lipinski definition) is 2. The quantitative estimate of drug-likeness (QED) is 0.833. The zero-order valence-corrected chi connectivity index (χ0v) is 10.2. The number of pyridine rings is 1. The Morgan fingerprint density at radius 1 is 1.44 bits per heavy atom. The Balaban J connectivity index is 2.75. The van der Waals surface area contributed by atoms with Crippen LogP contribution < -0.4 is 5.32 Å². The van der Waals surface area contributed by atoms with Crippen molar-refractivity contribution < 1.29 is 19.1 Å². The highest BCUT2D eigenvalue weighted by Crippen LogP contribution is 2.08. The Bertz CT molecular complexity index is 449. The third-order valence-electron chi connectivity index (χ3n) is 2.48. The Morgan fingerprint density at radius 2 is 2.11 bits per heavy atom. The molecule has 6 heteroatoms. The van der Waals surface area contributed by atoms with Gasteiger partial charge in [-0.25, -0.2) is 4.39 Å². The van der Waals surface area contributed by atoms with Gasteiger partial charge < -0.3 is 10.4 Å². The lowest BCUT2D eigenvalue weighted by molar-refractivity contribution is -0.137. The van der Waals surface area contributed by atoms with E-state index in [1.165, 1.54) is 6.20 Å². The second-order valence-electron chi connectivity index (χ2n) is 4.31. The van der Waals surface area contributed by atoms with E-state index in [1.807, 2.05) is 0 Å². The topological polar surface area (TPSA) is 79.3 Å². The van der Waals surface area contributed by atoms with Gasteiger partial charge in [0.25, 0.3) is 5.91 Å². The molecule has 1 unspecified atom stereocenters. The molecule has 1 aromatic heterocycles. The van der Waals surface area contributed by atoms with E-state index in [2.05, 4.69) is 10.3 Å². The van der Waals surface area contributed by atoms with Gasteiger partial charge in [0, 0.05) is 12.2 Å².